The molecule has 0 radical (unpaired) electrons. The molecule has 0 aliphatic carbocycles. The Morgan fingerprint density at radius 3 is 2.25 bits per heavy atom. The lowest BCUT2D eigenvalue weighted by molar-refractivity contribution is 0.0957. The van der Waals surface area contributed by atoms with Crippen molar-refractivity contribution in [3.8, 4) is 0 Å². The summed E-state index contributed by atoms with van der Waals surface area (Å²) in [6.45, 7) is 0. The SMILES string of the molecule is CNC(=O)c1nn(C)cc1NC(=O)c1ccccc1C(=O)c1ccc(Cl)cc1. The van der Waals surface area contributed by atoms with E-state index < -0.39 is 11.8 Å². The number of aromatic nitrogens is 2. The Labute approximate surface area is 166 Å². The average molecular weight is 397 g/mol. The van der Waals surface area contributed by atoms with E-state index in [0.29, 0.717) is 10.6 Å². The van der Waals surface area contributed by atoms with Crippen molar-refractivity contribution in [3.63, 3.8) is 0 Å². The van der Waals surface area contributed by atoms with E-state index >= 15 is 0 Å². The average Bonchev–Trinajstić information content (AvgIpc) is 3.07. The standard InChI is InChI=1S/C20H17ClN4O3/c1-22-20(28)17-16(11-25(2)24-17)23-19(27)15-6-4-3-5-14(15)18(26)12-7-9-13(21)10-8-12/h3-11H,1-2H3,(H,22,28)(H,23,27). The summed E-state index contributed by atoms with van der Waals surface area (Å²) in [4.78, 5) is 37.7. The molecule has 1 heterocycles. The molecule has 0 aliphatic rings. The summed E-state index contributed by atoms with van der Waals surface area (Å²) in [6.07, 6.45) is 1.52. The molecule has 0 aliphatic heterocycles. The molecule has 3 rings (SSSR count). The summed E-state index contributed by atoms with van der Waals surface area (Å²) in [6, 6.07) is 12.9. The molecule has 0 saturated carbocycles. The number of halogens is 1. The van der Waals surface area contributed by atoms with Crippen LogP contribution < -0.4 is 10.6 Å². The lowest BCUT2D eigenvalue weighted by Crippen LogP contribution is -2.22. The molecule has 3 aromatic rings. The fourth-order valence-electron chi connectivity index (χ4n) is 2.69. The number of nitrogens with zero attached hydrogens (tertiary/aromatic N) is 2. The van der Waals surface area contributed by atoms with Gasteiger partial charge >= 0.3 is 0 Å². The van der Waals surface area contributed by atoms with Crippen molar-refractivity contribution in [1.82, 2.24) is 15.1 Å². The maximum absolute atomic E-state index is 12.9. The van der Waals surface area contributed by atoms with Gasteiger partial charge in [0.05, 0.1) is 11.3 Å². The van der Waals surface area contributed by atoms with Gasteiger partial charge in [0.25, 0.3) is 11.8 Å². The van der Waals surface area contributed by atoms with Crippen LogP contribution in [-0.4, -0.2) is 34.4 Å². The Morgan fingerprint density at radius 1 is 0.964 bits per heavy atom. The number of amides is 2. The molecule has 28 heavy (non-hydrogen) atoms. The molecular formula is C20H17ClN4O3. The van der Waals surface area contributed by atoms with Gasteiger partial charge in [-0.05, 0) is 30.3 Å². The van der Waals surface area contributed by atoms with Gasteiger partial charge in [-0.15, -0.1) is 0 Å². The molecule has 142 valence electrons. The summed E-state index contributed by atoms with van der Waals surface area (Å²) in [5.41, 5.74) is 1.18. The highest BCUT2D eigenvalue weighted by molar-refractivity contribution is 6.30. The van der Waals surface area contributed by atoms with Gasteiger partial charge in [-0.2, -0.15) is 5.10 Å². The number of rotatable bonds is 5. The molecule has 0 atom stereocenters. The molecule has 0 unspecified atom stereocenters. The molecule has 2 amide bonds. The summed E-state index contributed by atoms with van der Waals surface area (Å²) < 4.78 is 1.42. The number of anilines is 1. The summed E-state index contributed by atoms with van der Waals surface area (Å²) in [5.74, 6) is -1.25. The van der Waals surface area contributed by atoms with Crippen molar-refractivity contribution in [2.45, 2.75) is 0 Å². The van der Waals surface area contributed by atoms with Crippen LogP contribution in [0.1, 0.15) is 36.8 Å². The first-order valence-corrected chi connectivity index (χ1v) is 8.75. The zero-order chi connectivity index (χ0) is 20.3. The highest BCUT2D eigenvalue weighted by atomic mass is 35.5. The largest absolute Gasteiger partial charge is 0.354 e. The third-order valence-electron chi connectivity index (χ3n) is 4.04. The summed E-state index contributed by atoms with van der Waals surface area (Å²) in [7, 11) is 3.11. The molecule has 2 N–H and O–H groups in total. The van der Waals surface area contributed by atoms with Crippen molar-refractivity contribution in [1.29, 1.82) is 0 Å². The maximum atomic E-state index is 12.9. The molecule has 1 aromatic heterocycles. The number of benzene rings is 2. The molecule has 0 saturated heterocycles. The maximum Gasteiger partial charge on any atom is 0.273 e. The highest BCUT2D eigenvalue weighted by Crippen LogP contribution is 2.20. The van der Waals surface area contributed by atoms with Gasteiger partial charge in [0, 0.05) is 36.4 Å². The van der Waals surface area contributed by atoms with Crippen LogP contribution in [0.15, 0.2) is 54.7 Å². The van der Waals surface area contributed by atoms with Gasteiger partial charge in [0.2, 0.25) is 0 Å². The number of hydrogen-bond donors (Lipinski definition) is 2. The van der Waals surface area contributed by atoms with Crippen LogP contribution in [-0.2, 0) is 7.05 Å². The Kier molecular flexibility index (Phi) is 5.56. The second kappa shape index (κ2) is 8.06. The quantitative estimate of drug-likeness (QED) is 0.648. The molecule has 2 aromatic carbocycles. The third-order valence-corrected chi connectivity index (χ3v) is 4.29. The van der Waals surface area contributed by atoms with E-state index in [0.717, 1.165) is 0 Å². The van der Waals surface area contributed by atoms with Gasteiger partial charge < -0.3 is 10.6 Å². The first kappa shape index (κ1) is 19.3. The number of nitrogens with one attached hydrogen (secondary N) is 2. The normalized spacial score (nSPS) is 10.4. The van der Waals surface area contributed by atoms with E-state index in [9.17, 15) is 14.4 Å². The van der Waals surface area contributed by atoms with E-state index in [1.807, 2.05) is 0 Å². The second-order valence-corrected chi connectivity index (χ2v) is 6.42. The van der Waals surface area contributed by atoms with Gasteiger partial charge in [-0.3, -0.25) is 19.1 Å². The van der Waals surface area contributed by atoms with E-state index in [1.54, 1.807) is 55.6 Å². The van der Waals surface area contributed by atoms with Crippen molar-refractivity contribution < 1.29 is 14.4 Å². The van der Waals surface area contributed by atoms with Gasteiger partial charge in [-0.1, -0.05) is 29.8 Å². The lowest BCUT2D eigenvalue weighted by atomic mass is 9.98. The van der Waals surface area contributed by atoms with E-state index in [-0.39, 0.29) is 28.3 Å². The minimum atomic E-state index is -0.518. The molecule has 0 bridgehead atoms. The van der Waals surface area contributed by atoms with Crippen molar-refractivity contribution in [2.75, 3.05) is 12.4 Å². The third kappa shape index (κ3) is 3.94. The Bertz CT molecular complexity index is 1060. The van der Waals surface area contributed by atoms with Crippen LogP contribution in [0.25, 0.3) is 0 Å². The fourth-order valence-corrected chi connectivity index (χ4v) is 2.82. The Balaban J connectivity index is 1.93. The topological polar surface area (TPSA) is 93.1 Å². The molecular weight excluding hydrogens is 380 g/mol. The van der Waals surface area contributed by atoms with Crippen LogP contribution in [0.5, 0.6) is 0 Å². The zero-order valence-corrected chi connectivity index (χ0v) is 15.9. The van der Waals surface area contributed by atoms with Crippen LogP contribution >= 0.6 is 11.6 Å². The number of carbonyl (C=O) groups excluding carboxylic acids is 3. The van der Waals surface area contributed by atoms with E-state index in [4.69, 9.17) is 11.6 Å². The number of hydrogen-bond acceptors (Lipinski definition) is 4. The first-order valence-electron chi connectivity index (χ1n) is 8.37. The van der Waals surface area contributed by atoms with Crippen LogP contribution in [0, 0.1) is 0 Å². The zero-order valence-electron chi connectivity index (χ0n) is 15.2. The monoisotopic (exact) mass is 396 g/mol. The minimum absolute atomic E-state index is 0.0832. The van der Waals surface area contributed by atoms with Crippen LogP contribution in [0.3, 0.4) is 0 Å². The van der Waals surface area contributed by atoms with Crippen LogP contribution in [0.2, 0.25) is 5.02 Å². The van der Waals surface area contributed by atoms with E-state index in [1.165, 1.54) is 17.9 Å². The summed E-state index contributed by atoms with van der Waals surface area (Å²) >= 11 is 5.87. The van der Waals surface area contributed by atoms with Gasteiger partial charge in [-0.25, -0.2) is 0 Å². The minimum Gasteiger partial charge on any atom is -0.354 e. The second-order valence-electron chi connectivity index (χ2n) is 5.98. The predicted octanol–water partition coefficient (Wildman–Crippen LogP) is 2.92. The summed E-state index contributed by atoms with van der Waals surface area (Å²) in [5, 5.41) is 9.70. The van der Waals surface area contributed by atoms with Crippen molar-refractivity contribution in [2.24, 2.45) is 7.05 Å². The lowest BCUT2D eigenvalue weighted by Gasteiger charge is -2.09. The number of ketones is 1. The van der Waals surface area contributed by atoms with E-state index in [2.05, 4.69) is 15.7 Å². The molecule has 0 fully saturated rings. The number of aryl methyl sites for hydroxylation is 1. The molecule has 0 spiro atoms. The van der Waals surface area contributed by atoms with Crippen molar-refractivity contribution in [3.05, 3.63) is 82.1 Å². The highest BCUT2D eigenvalue weighted by Gasteiger charge is 2.21. The smallest absolute Gasteiger partial charge is 0.273 e. The predicted molar refractivity (Wildman–Crippen MR) is 106 cm³/mol. The van der Waals surface area contributed by atoms with Gasteiger partial charge in [0.15, 0.2) is 11.5 Å². The van der Waals surface area contributed by atoms with Crippen molar-refractivity contribution >= 4 is 34.9 Å². The number of carbonyl (C=O) groups is 3. The molecule has 7 nitrogen and oxygen atoms in total. The Hall–Kier alpha value is -3.45. The Morgan fingerprint density at radius 2 is 1.61 bits per heavy atom. The van der Waals surface area contributed by atoms with Crippen LogP contribution in [0.4, 0.5) is 5.69 Å². The van der Waals surface area contributed by atoms with Gasteiger partial charge in [0.1, 0.15) is 0 Å². The first-order chi connectivity index (χ1) is 13.4. The fraction of sp³-hybridized carbons (Fsp3) is 0.100. The molecule has 8 heteroatoms.